The second-order valence-corrected chi connectivity index (χ2v) is 6.57. The Morgan fingerprint density at radius 1 is 1.20 bits per heavy atom. The number of nitrogens with two attached hydrogens (primary N) is 1. The van der Waals surface area contributed by atoms with Crippen molar-refractivity contribution in [2.24, 2.45) is 0 Å². The molecule has 1 aliphatic heterocycles. The number of ether oxygens (including phenoxy) is 1. The van der Waals surface area contributed by atoms with E-state index in [2.05, 4.69) is 21.7 Å². The van der Waals surface area contributed by atoms with E-state index in [9.17, 15) is 0 Å². The van der Waals surface area contributed by atoms with Crippen molar-refractivity contribution in [1.82, 2.24) is 19.8 Å². The Labute approximate surface area is 150 Å². The highest BCUT2D eigenvalue weighted by molar-refractivity contribution is 5.87. The van der Waals surface area contributed by atoms with Gasteiger partial charge < -0.3 is 10.5 Å². The standard InChI is InChI=1S/C19H29N5O/c1-3-15-13-23(9-10-24(15)11-12-25-4-2)14-18-21-17-8-6-5-7-16(17)19(20)22-18/h5-8,15H,3-4,9-14H2,1-2H3,(H2,20,21,22)/t15-/m0/s1. The van der Waals surface area contributed by atoms with Gasteiger partial charge in [0, 0.05) is 44.2 Å². The molecule has 6 heteroatoms. The van der Waals surface area contributed by atoms with Crippen LogP contribution in [0.4, 0.5) is 5.82 Å². The van der Waals surface area contributed by atoms with E-state index in [-0.39, 0.29) is 0 Å². The first kappa shape index (κ1) is 18.0. The lowest BCUT2D eigenvalue weighted by Gasteiger charge is -2.41. The maximum absolute atomic E-state index is 6.11. The van der Waals surface area contributed by atoms with Crippen LogP contribution in [0.5, 0.6) is 0 Å². The van der Waals surface area contributed by atoms with E-state index in [1.807, 2.05) is 31.2 Å². The SMILES string of the molecule is CCOCCN1CCN(Cc2nc(N)c3ccccc3n2)C[C@@H]1CC. The molecular formula is C19H29N5O. The summed E-state index contributed by atoms with van der Waals surface area (Å²) in [5.74, 6) is 1.39. The van der Waals surface area contributed by atoms with Crippen molar-refractivity contribution in [3.05, 3.63) is 30.1 Å². The Morgan fingerprint density at radius 2 is 2.04 bits per heavy atom. The molecule has 1 fully saturated rings. The normalized spacial score (nSPS) is 19.5. The van der Waals surface area contributed by atoms with Gasteiger partial charge in [0.2, 0.25) is 0 Å². The molecule has 136 valence electrons. The van der Waals surface area contributed by atoms with Crippen molar-refractivity contribution in [3.8, 4) is 0 Å². The molecule has 3 rings (SSSR count). The quantitative estimate of drug-likeness (QED) is 0.777. The summed E-state index contributed by atoms with van der Waals surface area (Å²) in [5.41, 5.74) is 7.04. The smallest absolute Gasteiger partial charge is 0.145 e. The van der Waals surface area contributed by atoms with E-state index in [1.54, 1.807) is 0 Å². The van der Waals surface area contributed by atoms with E-state index in [0.29, 0.717) is 11.9 Å². The first-order valence-electron chi connectivity index (χ1n) is 9.26. The summed E-state index contributed by atoms with van der Waals surface area (Å²) in [4.78, 5) is 14.2. The lowest BCUT2D eigenvalue weighted by molar-refractivity contribution is 0.0377. The molecule has 0 spiro atoms. The molecule has 6 nitrogen and oxygen atoms in total. The number of nitrogens with zero attached hydrogens (tertiary/aromatic N) is 4. The highest BCUT2D eigenvalue weighted by Crippen LogP contribution is 2.19. The number of fused-ring (bicyclic) bond motifs is 1. The fourth-order valence-corrected chi connectivity index (χ4v) is 3.53. The van der Waals surface area contributed by atoms with Gasteiger partial charge in [-0.2, -0.15) is 0 Å². The van der Waals surface area contributed by atoms with Crippen molar-refractivity contribution in [2.45, 2.75) is 32.9 Å². The van der Waals surface area contributed by atoms with E-state index in [4.69, 9.17) is 15.5 Å². The van der Waals surface area contributed by atoms with Crippen LogP contribution in [0.25, 0.3) is 10.9 Å². The van der Waals surface area contributed by atoms with Crippen LogP contribution in [-0.2, 0) is 11.3 Å². The zero-order valence-corrected chi connectivity index (χ0v) is 15.3. The first-order valence-corrected chi connectivity index (χ1v) is 9.26. The van der Waals surface area contributed by atoms with Crippen LogP contribution in [0.2, 0.25) is 0 Å². The van der Waals surface area contributed by atoms with Crippen molar-refractivity contribution in [3.63, 3.8) is 0 Å². The highest BCUT2D eigenvalue weighted by atomic mass is 16.5. The van der Waals surface area contributed by atoms with Crippen LogP contribution in [-0.4, -0.2) is 65.2 Å². The minimum absolute atomic E-state index is 0.562. The molecule has 0 aliphatic carbocycles. The number of benzene rings is 1. The highest BCUT2D eigenvalue weighted by Gasteiger charge is 2.26. The Kier molecular flexibility index (Phi) is 6.18. The van der Waals surface area contributed by atoms with E-state index in [0.717, 1.165) is 69.1 Å². The maximum Gasteiger partial charge on any atom is 0.145 e. The zero-order chi connectivity index (χ0) is 17.6. The van der Waals surface area contributed by atoms with Gasteiger partial charge in [-0.15, -0.1) is 0 Å². The topological polar surface area (TPSA) is 67.5 Å². The van der Waals surface area contributed by atoms with Gasteiger partial charge in [-0.25, -0.2) is 9.97 Å². The van der Waals surface area contributed by atoms with E-state index >= 15 is 0 Å². The summed E-state index contributed by atoms with van der Waals surface area (Å²) < 4.78 is 5.52. The van der Waals surface area contributed by atoms with Crippen molar-refractivity contribution >= 4 is 16.7 Å². The van der Waals surface area contributed by atoms with Crippen LogP contribution in [0.3, 0.4) is 0 Å². The largest absolute Gasteiger partial charge is 0.383 e. The van der Waals surface area contributed by atoms with Gasteiger partial charge in [-0.1, -0.05) is 19.1 Å². The first-order chi connectivity index (χ1) is 12.2. The molecule has 2 heterocycles. The Hall–Kier alpha value is -1.76. The Bertz CT molecular complexity index is 693. The number of anilines is 1. The van der Waals surface area contributed by atoms with Crippen LogP contribution >= 0.6 is 0 Å². The third-order valence-corrected chi connectivity index (χ3v) is 4.93. The molecule has 0 unspecified atom stereocenters. The maximum atomic E-state index is 6.11. The molecule has 1 saturated heterocycles. The molecule has 0 radical (unpaired) electrons. The monoisotopic (exact) mass is 343 g/mol. The summed E-state index contributed by atoms with van der Waals surface area (Å²) >= 11 is 0. The molecule has 25 heavy (non-hydrogen) atoms. The van der Waals surface area contributed by atoms with Crippen LogP contribution in [0.1, 0.15) is 26.1 Å². The van der Waals surface area contributed by atoms with Gasteiger partial charge in [-0.3, -0.25) is 9.80 Å². The molecule has 2 N–H and O–H groups in total. The lowest BCUT2D eigenvalue weighted by atomic mass is 10.1. The molecule has 1 aliphatic rings. The molecule has 2 aromatic rings. The predicted octanol–water partition coefficient (Wildman–Crippen LogP) is 2.14. The average Bonchev–Trinajstić information content (AvgIpc) is 2.63. The van der Waals surface area contributed by atoms with Crippen molar-refractivity contribution < 1.29 is 4.74 Å². The third-order valence-electron chi connectivity index (χ3n) is 4.93. The average molecular weight is 343 g/mol. The molecule has 1 aromatic carbocycles. The van der Waals surface area contributed by atoms with Gasteiger partial charge in [0.25, 0.3) is 0 Å². The molecule has 1 aromatic heterocycles. The third kappa shape index (κ3) is 4.45. The van der Waals surface area contributed by atoms with Gasteiger partial charge in [0.1, 0.15) is 11.6 Å². The fraction of sp³-hybridized carbons (Fsp3) is 0.579. The predicted molar refractivity (Wildman–Crippen MR) is 101 cm³/mol. The second kappa shape index (κ2) is 8.56. The summed E-state index contributed by atoms with van der Waals surface area (Å²) in [7, 11) is 0. The van der Waals surface area contributed by atoms with Gasteiger partial charge in [0.05, 0.1) is 18.7 Å². The molecular weight excluding hydrogens is 314 g/mol. The van der Waals surface area contributed by atoms with Crippen molar-refractivity contribution in [1.29, 1.82) is 0 Å². The molecule has 0 bridgehead atoms. The molecule has 0 amide bonds. The molecule has 0 saturated carbocycles. The minimum atomic E-state index is 0.562. The lowest BCUT2D eigenvalue weighted by Crippen LogP contribution is -2.53. The second-order valence-electron chi connectivity index (χ2n) is 6.57. The summed E-state index contributed by atoms with van der Waals surface area (Å²) in [5, 5.41) is 0.929. The summed E-state index contributed by atoms with van der Waals surface area (Å²) in [6.07, 6.45) is 1.14. The number of nitrogen functional groups attached to an aromatic ring is 1. The fourth-order valence-electron chi connectivity index (χ4n) is 3.53. The van der Waals surface area contributed by atoms with Gasteiger partial charge in [0.15, 0.2) is 0 Å². The van der Waals surface area contributed by atoms with Crippen LogP contribution in [0, 0.1) is 0 Å². The van der Waals surface area contributed by atoms with Gasteiger partial charge in [-0.05, 0) is 25.5 Å². The minimum Gasteiger partial charge on any atom is -0.383 e. The van der Waals surface area contributed by atoms with Crippen LogP contribution in [0.15, 0.2) is 24.3 Å². The Morgan fingerprint density at radius 3 is 2.84 bits per heavy atom. The zero-order valence-electron chi connectivity index (χ0n) is 15.3. The van der Waals surface area contributed by atoms with Crippen LogP contribution < -0.4 is 5.73 Å². The number of piperazine rings is 1. The van der Waals surface area contributed by atoms with Gasteiger partial charge >= 0.3 is 0 Å². The summed E-state index contributed by atoms with van der Waals surface area (Å²) in [6, 6.07) is 8.49. The number of aromatic nitrogens is 2. The number of para-hydroxylation sites is 1. The number of hydrogen-bond donors (Lipinski definition) is 1. The summed E-state index contributed by atoms with van der Waals surface area (Å²) in [6.45, 7) is 10.8. The number of rotatable bonds is 7. The molecule has 1 atom stereocenters. The Balaban J connectivity index is 1.64. The van der Waals surface area contributed by atoms with E-state index in [1.165, 1.54) is 0 Å². The van der Waals surface area contributed by atoms with Crippen molar-refractivity contribution in [2.75, 3.05) is 45.1 Å². The van der Waals surface area contributed by atoms with E-state index < -0.39 is 0 Å². The number of hydrogen-bond acceptors (Lipinski definition) is 6.